The number of aromatic amines is 1. The molecule has 0 spiro atoms. The minimum absolute atomic E-state index is 0.351. The van der Waals surface area contributed by atoms with Gasteiger partial charge in [-0.05, 0) is 32.4 Å². The second-order valence-corrected chi connectivity index (χ2v) is 5.40. The van der Waals surface area contributed by atoms with Crippen LogP contribution in [0.3, 0.4) is 0 Å². The molecule has 0 saturated carbocycles. The first-order valence-corrected chi connectivity index (χ1v) is 7.09. The fourth-order valence-electron chi connectivity index (χ4n) is 3.13. The lowest BCUT2D eigenvalue weighted by molar-refractivity contribution is 0.615. The van der Waals surface area contributed by atoms with Crippen LogP contribution in [0.1, 0.15) is 30.3 Å². The van der Waals surface area contributed by atoms with Crippen molar-refractivity contribution in [1.29, 1.82) is 0 Å². The second-order valence-electron chi connectivity index (χ2n) is 5.40. The molecule has 3 aromatic rings. The number of furan rings is 1. The van der Waals surface area contributed by atoms with Gasteiger partial charge in [0.2, 0.25) is 0 Å². The lowest BCUT2D eigenvalue weighted by atomic mass is 9.98. The average Bonchev–Trinajstić information content (AvgIpc) is 3.16. The first-order chi connectivity index (χ1) is 9.84. The van der Waals surface area contributed by atoms with E-state index in [2.05, 4.69) is 28.5 Å². The highest BCUT2D eigenvalue weighted by Gasteiger charge is 2.25. The molecule has 2 N–H and O–H groups in total. The highest BCUT2D eigenvalue weighted by Crippen LogP contribution is 2.37. The van der Waals surface area contributed by atoms with Gasteiger partial charge in [-0.2, -0.15) is 5.10 Å². The largest absolute Gasteiger partial charge is 0.464 e. The summed E-state index contributed by atoms with van der Waals surface area (Å²) in [6.45, 7) is 3.14. The number of rotatable bonds is 2. The van der Waals surface area contributed by atoms with E-state index in [1.54, 1.807) is 0 Å². The summed E-state index contributed by atoms with van der Waals surface area (Å²) >= 11 is 0. The van der Waals surface area contributed by atoms with Crippen molar-refractivity contribution in [1.82, 2.24) is 15.5 Å². The summed E-state index contributed by atoms with van der Waals surface area (Å²) in [6, 6.07) is 8.50. The standard InChI is InChI=1S/C16H17N3O/c1-10-15(16(19-18-10)13-6-4-8-17-13)12-9-20-14-7-3-2-5-11(12)14/h2-3,5,7,9,13,17H,4,6,8H2,1H3,(H,18,19). The molecule has 2 aromatic heterocycles. The number of aryl methyl sites for hydroxylation is 1. The molecule has 0 amide bonds. The lowest BCUT2D eigenvalue weighted by Crippen LogP contribution is -2.14. The number of para-hydroxylation sites is 1. The van der Waals surface area contributed by atoms with Crippen molar-refractivity contribution in [3.05, 3.63) is 41.9 Å². The van der Waals surface area contributed by atoms with Crippen LogP contribution in [-0.4, -0.2) is 16.7 Å². The van der Waals surface area contributed by atoms with E-state index in [0.717, 1.165) is 40.9 Å². The van der Waals surface area contributed by atoms with Crippen molar-refractivity contribution in [2.45, 2.75) is 25.8 Å². The quantitative estimate of drug-likeness (QED) is 0.746. The minimum Gasteiger partial charge on any atom is -0.464 e. The molecular formula is C16H17N3O. The van der Waals surface area contributed by atoms with Crippen molar-refractivity contribution >= 4 is 11.0 Å². The predicted molar refractivity (Wildman–Crippen MR) is 78.5 cm³/mol. The summed E-state index contributed by atoms with van der Waals surface area (Å²) < 4.78 is 5.68. The summed E-state index contributed by atoms with van der Waals surface area (Å²) in [6.07, 6.45) is 4.20. The Hall–Kier alpha value is -2.07. The number of fused-ring (bicyclic) bond motifs is 1. The van der Waals surface area contributed by atoms with Crippen LogP contribution in [-0.2, 0) is 0 Å². The number of aromatic nitrogens is 2. The molecule has 1 saturated heterocycles. The minimum atomic E-state index is 0.351. The van der Waals surface area contributed by atoms with Crippen molar-refractivity contribution in [3.8, 4) is 11.1 Å². The highest BCUT2D eigenvalue weighted by molar-refractivity contribution is 5.95. The normalized spacial score (nSPS) is 18.9. The molecule has 1 unspecified atom stereocenters. The van der Waals surface area contributed by atoms with Gasteiger partial charge in [-0.3, -0.25) is 5.10 Å². The first kappa shape index (κ1) is 11.7. The molecule has 1 aliphatic rings. The first-order valence-electron chi connectivity index (χ1n) is 7.09. The number of hydrogen-bond acceptors (Lipinski definition) is 3. The molecule has 1 atom stereocenters. The van der Waals surface area contributed by atoms with Gasteiger partial charge in [0, 0.05) is 22.2 Å². The summed E-state index contributed by atoms with van der Waals surface area (Å²) in [7, 11) is 0. The number of hydrogen-bond donors (Lipinski definition) is 2. The van der Waals surface area contributed by atoms with E-state index in [1.807, 2.05) is 24.5 Å². The zero-order valence-corrected chi connectivity index (χ0v) is 11.4. The fraction of sp³-hybridized carbons (Fsp3) is 0.312. The third kappa shape index (κ3) is 1.68. The van der Waals surface area contributed by atoms with E-state index in [-0.39, 0.29) is 0 Å². The zero-order valence-electron chi connectivity index (χ0n) is 11.4. The average molecular weight is 267 g/mol. The van der Waals surface area contributed by atoms with Crippen LogP contribution in [0.2, 0.25) is 0 Å². The predicted octanol–water partition coefficient (Wildman–Crippen LogP) is 3.56. The second kappa shape index (κ2) is 4.49. The maximum atomic E-state index is 5.68. The molecule has 0 aliphatic carbocycles. The summed E-state index contributed by atoms with van der Waals surface area (Å²) in [5.74, 6) is 0. The maximum Gasteiger partial charge on any atom is 0.134 e. The topological polar surface area (TPSA) is 53.9 Å². The fourth-order valence-corrected chi connectivity index (χ4v) is 3.13. The van der Waals surface area contributed by atoms with Crippen LogP contribution >= 0.6 is 0 Å². The molecule has 0 radical (unpaired) electrons. The third-order valence-corrected chi connectivity index (χ3v) is 4.12. The SMILES string of the molecule is Cc1[nH]nc(C2CCCN2)c1-c1coc2ccccc12. The van der Waals surface area contributed by atoms with Crippen LogP contribution in [0.5, 0.6) is 0 Å². The van der Waals surface area contributed by atoms with Gasteiger partial charge in [0.1, 0.15) is 5.58 Å². The van der Waals surface area contributed by atoms with Crippen molar-refractivity contribution in [2.24, 2.45) is 0 Å². The Bertz CT molecular complexity index is 750. The third-order valence-electron chi connectivity index (χ3n) is 4.12. The monoisotopic (exact) mass is 267 g/mol. The van der Waals surface area contributed by atoms with Crippen LogP contribution in [0, 0.1) is 6.92 Å². The molecule has 1 aromatic carbocycles. The number of nitrogens with zero attached hydrogens (tertiary/aromatic N) is 1. The zero-order chi connectivity index (χ0) is 13.5. The molecule has 1 aliphatic heterocycles. The smallest absolute Gasteiger partial charge is 0.134 e. The van der Waals surface area contributed by atoms with E-state index in [9.17, 15) is 0 Å². The van der Waals surface area contributed by atoms with Gasteiger partial charge in [0.05, 0.1) is 18.0 Å². The van der Waals surface area contributed by atoms with E-state index < -0.39 is 0 Å². The Morgan fingerprint density at radius 1 is 1.30 bits per heavy atom. The van der Waals surface area contributed by atoms with Gasteiger partial charge in [-0.1, -0.05) is 18.2 Å². The van der Waals surface area contributed by atoms with Gasteiger partial charge in [-0.25, -0.2) is 0 Å². The van der Waals surface area contributed by atoms with E-state index in [1.165, 1.54) is 12.0 Å². The Labute approximate surface area is 117 Å². The molecule has 20 heavy (non-hydrogen) atoms. The van der Waals surface area contributed by atoms with Crippen LogP contribution in [0.15, 0.2) is 34.9 Å². The van der Waals surface area contributed by atoms with Gasteiger partial charge < -0.3 is 9.73 Å². The Kier molecular flexibility index (Phi) is 2.63. The highest BCUT2D eigenvalue weighted by atomic mass is 16.3. The van der Waals surface area contributed by atoms with Crippen molar-refractivity contribution in [2.75, 3.05) is 6.54 Å². The number of benzene rings is 1. The van der Waals surface area contributed by atoms with E-state index in [4.69, 9.17) is 4.42 Å². The molecule has 1 fully saturated rings. The number of nitrogens with one attached hydrogen (secondary N) is 2. The maximum absolute atomic E-state index is 5.68. The summed E-state index contributed by atoms with van der Waals surface area (Å²) in [5, 5.41) is 12.3. The lowest BCUT2D eigenvalue weighted by Gasteiger charge is -2.09. The number of H-pyrrole nitrogens is 1. The molecule has 4 heteroatoms. The van der Waals surface area contributed by atoms with Crippen LogP contribution in [0.4, 0.5) is 0 Å². The Balaban J connectivity index is 1.91. The molecule has 4 nitrogen and oxygen atoms in total. The molecule has 102 valence electrons. The Morgan fingerprint density at radius 2 is 2.20 bits per heavy atom. The molecule has 4 rings (SSSR count). The van der Waals surface area contributed by atoms with E-state index in [0.29, 0.717) is 6.04 Å². The van der Waals surface area contributed by atoms with Crippen molar-refractivity contribution in [3.63, 3.8) is 0 Å². The van der Waals surface area contributed by atoms with Gasteiger partial charge in [-0.15, -0.1) is 0 Å². The molecule has 3 heterocycles. The molecule has 0 bridgehead atoms. The van der Waals surface area contributed by atoms with Crippen LogP contribution < -0.4 is 5.32 Å². The van der Waals surface area contributed by atoms with Gasteiger partial charge in [0.25, 0.3) is 0 Å². The van der Waals surface area contributed by atoms with E-state index >= 15 is 0 Å². The Morgan fingerprint density at radius 3 is 3.05 bits per heavy atom. The summed E-state index contributed by atoms with van der Waals surface area (Å²) in [5.41, 5.74) is 5.46. The van der Waals surface area contributed by atoms with Gasteiger partial charge >= 0.3 is 0 Å². The van der Waals surface area contributed by atoms with Gasteiger partial charge in [0.15, 0.2) is 0 Å². The van der Waals surface area contributed by atoms with Crippen molar-refractivity contribution < 1.29 is 4.42 Å². The summed E-state index contributed by atoms with van der Waals surface area (Å²) in [4.78, 5) is 0. The molecular weight excluding hydrogens is 250 g/mol. The van der Waals surface area contributed by atoms with Crippen LogP contribution in [0.25, 0.3) is 22.1 Å².